The van der Waals surface area contributed by atoms with Crippen molar-refractivity contribution in [3.63, 3.8) is 0 Å². The van der Waals surface area contributed by atoms with E-state index in [-0.39, 0.29) is 0 Å². The first-order chi connectivity index (χ1) is 10.3. The number of hydrogen-bond donors (Lipinski definition) is 0. The van der Waals surface area contributed by atoms with Crippen molar-refractivity contribution in [3.8, 4) is 11.5 Å². The normalized spacial score (nSPS) is 15.0. The number of rotatable bonds is 2. The second-order valence-electron chi connectivity index (χ2n) is 5.68. The van der Waals surface area contributed by atoms with Gasteiger partial charge in [0.15, 0.2) is 5.58 Å². The average molecular weight is 278 g/mol. The van der Waals surface area contributed by atoms with Crippen molar-refractivity contribution in [3.05, 3.63) is 48.0 Å². The summed E-state index contributed by atoms with van der Waals surface area (Å²) in [6.07, 6.45) is 2.57. The molecule has 4 rings (SSSR count). The van der Waals surface area contributed by atoms with Crippen molar-refractivity contribution < 1.29 is 4.42 Å². The Bertz CT molecular complexity index is 785. The summed E-state index contributed by atoms with van der Waals surface area (Å²) in [7, 11) is 0. The molecule has 0 aliphatic carbocycles. The van der Waals surface area contributed by atoms with E-state index in [1.807, 2.05) is 18.2 Å². The molecule has 0 N–H and O–H groups in total. The van der Waals surface area contributed by atoms with Gasteiger partial charge in [-0.2, -0.15) is 0 Å². The van der Waals surface area contributed by atoms with Crippen LogP contribution < -0.4 is 4.90 Å². The Labute approximate surface area is 124 Å². The summed E-state index contributed by atoms with van der Waals surface area (Å²) in [4.78, 5) is 7.10. The lowest BCUT2D eigenvalue weighted by molar-refractivity contribution is 0.619. The summed E-state index contributed by atoms with van der Waals surface area (Å²) in [5.74, 6) is 0.710. The van der Waals surface area contributed by atoms with E-state index in [0.29, 0.717) is 5.89 Å². The molecule has 0 saturated carbocycles. The zero-order chi connectivity index (χ0) is 14.2. The van der Waals surface area contributed by atoms with Gasteiger partial charge in [0.05, 0.1) is 0 Å². The maximum Gasteiger partial charge on any atom is 0.227 e. The molecular weight excluding hydrogens is 260 g/mol. The molecule has 0 amide bonds. The van der Waals surface area contributed by atoms with E-state index in [0.717, 1.165) is 29.8 Å². The summed E-state index contributed by atoms with van der Waals surface area (Å²) in [6, 6.07) is 14.5. The topological polar surface area (TPSA) is 29.3 Å². The van der Waals surface area contributed by atoms with Crippen molar-refractivity contribution in [2.75, 3.05) is 18.0 Å². The number of anilines is 1. The minimum atomic E-state index is 0.710. The van der Waals surface area contributed by atoms with E-state index in [1.54, 1.807) is 0 Å². The van der Waals surface area contributed by atoms with E-state index < -0.39 is 0 Å². The SMILES string of the molecule is Cc1ccccc1-c1nc2cc(N3CCCC3)ccc2o1. The van der Waals surface area contributed by atoms with Gasteiger partial charge in [-0.1, -0.05) is 18.2 Å². The van der Waals surface area contributed by atoms with E-state index in [1.165, 1.54) is 24.1 Å². The van der Waals surface area contributed by atoms with Crippen LogP contribution in [0.25, 0.3) is 22.6 Å². The van der Waals surface area contributed by atoms with Crippen LogP contribution in [0.15, 0.2) is 46.9 Å². The second-order valence-corrected chi connectivity index (χ2v) is 5.68. The van der Waals surface area contributed by atoms with Gasteiger partial charge < -0.3 is 9.32 Å². The molecule has 1 aliphatic rings. The molecule has 2 heterocycles. The zero-order valence-electron chi connectivity index (χ0n) is 12.2. The van der Waals surface area contributed by atoms with Gasteiger partial charge in [0.1, 0.15) is 5.52 Å². The van der Waals surface area contributed by atoms with E-state index in [9.17, 15) is 0 Å². The highest BCUT2D eigenvalue weighted by molar-refractivity contribution is 5.80. The number of fused-ring (bicyclic) bond motifs is 1. The largest absolute Gasteiger partial charge is 0.436 e. The zero-order valence-corrected chi connectivity index (χ0v) is 12.2. The predicted molar refractivity (Wildman–Crippen MR) is 85.6 cm³/mol. The number of benzene rings is 2. The minimum Gasteiger partial charge on any atom is -0.436 e. The standard InChI is InChI=1S/C18H18N2O/c1-13-6-2-3-7-15(13)18-19-16-12-14(8-9-17(16)21-18)20-10-4-5-11-20/h2-3,6-9,12H,4-5,10-11H2,1H3. The van der Waals surface area contributed by atoms with E-state index in [4.69, 9.17) is 4.42 Å². The molecule has 1 fully saturated rings. The highest BCUT2D eigenvalue weighted by Gasteiger charge is 2.15. The smallest absolute Gasteiger partial charge is 0.227 e. The van der Waals surface area contributed by atoms with Gasteiger partial charge in [-0.05, 0) is 49.6 Å². The fraction of sp³-hybridized carbons (Fsp3) is 0.278. The van der Waals surface area contributed by atoms with Crippen LogP contribution in [0.4, 0.5) is 5.69 Å². The highest BCUT2D eigenvalue weighted by Crippen LogP contribution is 2.30. The molecule has 1 aromatic heterocycles. The monoisotopic (exact) mass is 278 g/mol. The lowest BCUT2D eigenvalue weighted by Crippen LogP contribution is -2.17. The third-order valence-corrected chi connectivity index (χ3v) is 4.22. The van der Waals surface area contributed by atoms with Crippen LogP contribution in [-0.4, -0.2) is 18.1 Å². The van der Waals surface area contributed by atoms with E-state index in [2.05, 4.69) is 41.1 Å². The molecule has 3 nitrogen and oxygen atoms in total. The summed E-state index contributed by atoms with van der Waals surface area (Å²) < 4.78 is 5.92. The maximum absolute atomic E-state index is 5.92. The van der Waals surface area contributed by atoms with Gasteiger partial charge >= 0.3 is 0 Å². The molecule has 0 atom stereocenters. The van der Waals surface area contributed by atoms with Crippen LogP contribution in [0, 0.1) is 6.92 Å². The first kappa shape index (κ1) is 12.5. The Morgan fingerprint density at radius 1 is 1.05 bits per heavy atom. The van der Waals surface area contributed by atoms with Gasteiger partial charge in [0.2, 0.25) is 5.89 Å². The van der Waals surface area contributed by atoms with Gasteiger partial charge in [0, 0.05) is 24.3 Å². The molecule has 0 spiro atoms. The number of aromatic nitrogens is 1. The molecule has 0 radical (unpaired) electrons. The molecule has 0 unspecified atom stereocenters. The quantitative estimate of drug-likeness (QED) is 0.695. The van der Waals surface area contributed by atoms with Crippen LogP contribution >= 0.6 is 0 Å². The lowest BCUT2D eigenvalue weighted by atomic mass is 10.1. The third-order valence-electron chi connectivity index (χ3n) is 4.22. The molecule has 0 bridgehead atoms. The fourth-order valence-electron chi connectivity index (χ4n) is 3.02. The first-order valence-corrected chi connectivity index (χ1v) is 7.53. The predicted octanol–water partition coefficient (Wildman–Crippen LogP) is 4.40. The number of oxazole rings is 1. The second kappa shape index (κ2) is 4.92. The Hall–Kier alpha value is -2.29. The molecule has 1 saturated heterocycles. The van der Waals surface area contributed by atoms with Gasteiger partial charge in [-0.3, -0.25) is 0 Å². The minimum absolute atomic E-state index is 0.710. The first-order valence-electron chi connectivity index (χ1n) is 7.53. The molecule has 106 valence electrons. The van der Waals surface area contributed by atoms with Crippen molar-refractivity contribution in [1.29, 1.82) is 0 Å². The van der Waals surface area contributed by atoms with E-state index >= 15 is 0 Å². The van der Waals surface area contributed by atoms with Crippen molar-refractivity contribution >= 4 is 16.8 Å². The van der Waals surface area contributed by atoms with Crippen LogP contribution in [-0.2, 0) is 0 Å². The Balaban J connectivity index is 1.78. The Kier molecular flexibility index (Phi) is 2.92. The Morgan fingerprint density at radius 2 is 1.86 bits per heavy atom. The molecule has 3 aromatic rings. The van der Waals surface area contributed by atoms with Crippen molar-refractivity contribution in [2.45, 2.75) is 19.8 Å². The van der Waals surface area contributed by atoms with Crippen LogP contribution in [0.3, 0.4) is 0 Å². The van der Waals surface area contributed by atoms with Crippen LogP contribution in [0.1, 0.15) is 18.4 Å². The molecule has 2 aromatic carbocycles. The van der Waals surface area contributed by atoms with Gasteiger partial charge in [-0.15, -0.1) is 0 Å². The molecule has 1 aliphatic heterocycles. The van der Waals surface area contributed by atoms with Crippen LogP contribution in [0.5, 0.6) is 0 Å². The average Bonchev–Trinajstić information content (AvgIpc) is 3.16. The van der Waals surface area contributed by atoms with Crippen molar-refractivity contribution in [1.82, 2.24) is 4.98 Å². The Morgan fingerprint density at radius 3 is 2.67 bits per heavy atom. The number of nitrogens with zero attached hydrogens (tertiary/aromatic N) is 2. The molecule has 21 heavy (non-hydrogen) atoms. The number of aryl methyl sites for hydroxylation is 1. The van der Waals surface area contributed by atoms with Gasteiger partial charge in [-0.25, -0.2) is 4.98 Å². The number of hydrogen-bond acceptors (Lipinski definition) is 3. The van der Waals surface area contributed by atoms with Crippen LogP contribution in [0.2, 0.25) is 0 Å². The fourth-order valence-corrected chi connectivity index (χ4v) is 3.02. The highest BCUT2D eigenvalue weighted by atomic mass is 16.3. The molecule has 3 heteroatoms. The lowest BCUT2D eigenvalue weighted by Gasteiger charge is -2.16. The maximum atomic E-state index is 5.92. The third kappa shape index (κ3) is 2.19. The summed E-state index contributed by atoms with van der Waals surface area (Å²) >= 11 is 0. The summed E-state index contributed by atoms with van der Waals surface area (Å²) in [5, 5.41) is 0. The summed E-state index contributed by atoms with van der Waals surface area (Å²) in [6.45, 7) is 4.38. The van der Waals surface area contributed by atoms with Gasteiger partial charge in [0.25, 0.3) is 0 Å². The summed E-state index contributed by atoms with van der Waals surface area (Å²) in [5.41, 5.74) is 5.30. The molecular formula is C18H18N2O. The van der Waals surface area contributed by atoms with Crippen molar-refractivity contribution in [2.24, 2.45) is 0 Å².